The molecule has 0 spiro atoms. The highest BCUT2D eigenvalue weighted by atomic mass is 16.5. The lowest BCUT2D eigenvalue weighted by Gasteiger charge is -2.33. The summed E-state index contributed by atoms with van der Waals surface area (Å²) in [4.78, 5) is 13.7. The zero-order valence-electron chi connectivity index (χ0n) is 9.58. The fourth-order valence-corrected chi connectivity index (χ4v) is 2.54. The number of carbonyl (C=O) groups excluding carboxylic acids is 1. The topological polar surface area (TPSA) is 29.5 Å². The molecule has 2 unspecified atom stereocenters. The number of piperidine rings is 1. The third-order valence-electron chi connectivity index (χ3n) is 3.67. The second-order valence-corrected chi connectivity index (χ2v) is 4.90. The van der Waals surface area contributed by atoms with Gasteiger partial charge in [-0.2, -0.15) is 0 Å². The van der Waals surface area contributed by atoms with Gasteiger partial charge in [0.05, 0.1) is 0 Å². The predicted molar refractivity (Wildman–Crippen MR) is 58.8 cm³/mol. The maximum Gasteiger partial charge on any atom is 0.135 e. The van der Waals surface area contributed by atoms with Crippen LogP contribution in [0, 0.1) is 5.92 Å². The molecule has 3 nitrogen and oxygen atoms in total. The van der Waals surface area contributed by atoms with Crippen molar-refractivity contribution in [3.8, 4) is 0 Å². The normalized spacial score (nSPS) is 33.5. The van der Waals surface area contributed by atoms with Gasteiger partial charge >= 0.3 is 0 Å². The molecule has 15 heavy (non-hydrogen) atoms. The Hall–Kier alpha value is -0.410. The molecule has 0 aromatic rings. The Labute approximate surface area is 91.8 Å². The molecule has 0 aromatic heterocycles. The van der Waals surface area contributed by atoms with Gasteiger partial charge in [-0.1, -0.05) is 0 Å². The van der Waals surface area contributed by atoms with Crippen molar-refractivity contribution >= 4 is 5.78 Å². The standard InChI is InChI=1S/C12H21NO2/c1-10-8-12(14)3-6-13(10)5-2-11-4-7-15-9-11/h10-11H,2-9H2,1H3. The number of hydrogen-bond acceptors (Lipinski definition) is 3. The van der Waals surface area contributed by atoms with E-state index in [-0.39, 0.29) is 0 Å². The van der Waals surface area contributed by atoms with E-state index >= 15 is 0 Å². The number of hydrogen-bond donors (Lipinski definition) is 0. The van der Waals surface area contributed by atoms with Crippen LogP contribution in [0.3, 0.4) is 0 Å². The minimum atomic E-state index is 0.433. The van der Waals surface area contributed by atoms with Gasteiger partial charge in [0, 0.05) is 38.6 Å². The van der Waals surface area contributed by atoms with Crippen LogP contribution < -0.4 is 0 Å². The lowest BCUT2D eigenvalue weighted by Crippen LogP contribution is -2.41. The largest absolute Gasteiger partial charge is 0.381 e. The molecule has 2 heterocycles. The fourth-order valence-electron chi connectivity index (χ4n) is 2.54. The average molecular weight is 211 g/mol. The molecule has 2 aliphatic rings. The molecule has 3 heteroatoms. The summed E-state index contributed by atoms with van der Waals surface area (Å²) in [5.74, 6) is 1.19. The van der Waals surface area contributed by atoms with E-state index in [2.05, 4.69) is 11.8 Å². The number of ketones is 1. The monoisotopic (exact) mass is 211 g/mol. The van der Waals surface area contributed by atoms with Crippen LogP contribution in [0.2, 0.25) is 0 Å². The minimum Gasteiger partial charge on any atom is -0.381 e. The fraction of sp³-hybridized carbons (Fsp3) is 0.917. The van der Waals surface area contributed by atoms with Crippen LogP contribution >= 0.6 is 0 Å². The molecule has 0 amide bonds. The average Bonchev–Trinajstić information content (AvgIpc) is 2.69. The van der Waals surface area contributed by atoms with Gasteiger partial charge in [0.25, 0.3) is 0 Å². The van der Waals surface area contributed by atoms with Crippen LogP contribution in [0.25, 0.3) is 0 Å². The molecule has 2 aliphatic heterocycles. The van der Waals surface area contributed by atoms with Gasteiger partial charge < -0.3 is 4.74 Å². The SMILES string of the molecule is CC1CC(=O)CCN1CCC1CCOC1. The molecule has 0 N–H and O–H groups in total. The van der Waals surface area contributed by atoms with Gasteiger partial charge in [-0.15, -0.1) is 0 Å². The first-order chi connectivity index (χ1) is 7.25. The minimum absolute atomic E-state index is 0.433. The predicted octanol–water partition coefficient (Wildman–Crippen LogP) is 1.47. The summed E-state index contributed by atoms with van der Waals surface area (Å²) >= 11 is 0. The molecule has 86 valence electrons. The number of ether oxygens (including phenoxy) is 1. The molecule has 0 aliphatic carbocycles. The molecule has 2 rings (SSSR count). The molecular weight excluding hydrogens is 190 g/mol. The summed E-state index contributed by atoms with van der Waals surface area (Å²) in [6.07, 6.45) is 3.96. The third-order valence-corrected chi connectivity index (χ3v) is 3.67. The Morgan fingerprint density at radius 3 is 3.07 bits per heavy atom. The molecule has 2 fully saturated rings. The summed E-state index contributed by atoms with van der Waals surface area (Å²) in [5, 5.41) is 0. The second-order valence-electron chi connectivity index (χ2n) is 4.90. The first kappa shape index (κ1) is 11.1. The van der Waals surface area contributed by atoms with E-state index in [1.807, 2.05) is 0 Å². The lowest BCUT2D eigenvalue weighted by molar-refractivity contribution is -0.122. The Morgan fingerprint density at radius 2 is 2.40 bits per heavy atom. The maximum atomic E-state index is 11.2. The molecule has 0 saturated carbocycles. The molecular formula is C12H21NO2. The van der Waals surface area contributed by atoms with Crippen LogP contribution in [-0.4, -0.2) is 43.0 Å². The van der Waals surface area contributed by atoms with E-state index in [1.54, 1.807) is 0 Å². The van der Waals surface area contributed by atoms with E-state index in [9.17, 15) is 4.79 Å². The summed E-state index contributed by atoms with van der Waals surface area (Å²) in [6, 6.07) is 0.452. The molecule has 0 radical (unpaired) electrons. The van der Waals surface area contributed by atoms with E-state index in [4.69, 9.17) is 4.74 Å². The third kappa shape index (κ3) is 3.02. The van der Waals surface area contributed by atoms with Crippen molar-refractivity contribution in [2.75, 3.05) is 26.3 Å². The maximum absolute atomic E-state index is 11.2. The van der Waals surface area contributed by atoms with Gasteiger partial charge in [0.15, 0.2) is 0 Å². The summed E-state index contributed by atoms with van der Waals surface area (Å²) in [7, 11) is 0. The van der Waals surface area contributed by atoms with Crippen LogP contribution in [0.1, 0.15) is 32.6 Å². The highest BCUT2D eigenvalue weighted by Crippen LogP contribution is 2.20. The Balaban J connectivity index is 1.71. The highest BCUT2D eigenvalue weighted by Gasteiger charge is 2.24. The summed E-state index contributed by atoms with van der Waals surface area (Å²) < 4.78 is 5.37. The van der Waals surface area contributed by atoms with Crippen molar-refractivity contribution < 1.29 is 9.53 Å². The van der Waals surface area contributed by atoms with Gasteiger partial charge in [0.1, 0.15) is 5.78 Å². The van der Waals surface area contributed by atoms with Gasteiger partial charge in [-0.05, 0) is 32.2 Å². The van der Waals surface area contributed by atoms with Crippen molar-refractivity contribution in [2.45, 2.75) is 38.6 Å². The Kier molecular flexibility index (Phi) is 3.76. The van der Waals surface area contributed by atoms with E-state index in [0.717, 1.165) is 45.1 Å². The molecule has 2 atom stereocenters. The van der Waals surface area contributed by atoms with E-state index in [0.29, 0.717) is 11.8 Å². The number of Topliss-reactive ketones (excluding diaryl/α,β-unsaturated/α-hetero) is 1. The van der Waals surface area contributed by atoms with Crippen molar-refractivity contribution in [3.63, 3.8) is 0 Å². The van der Waals surface area contributed by atoms with Crippen molar-refractivity contribution in [3.05, 3.63) is 0 Å². The Morgan fingerprint density at radius 1 is 1.53 bits per heavy atom. The quantitative estimate of drug-likeness (QED) is 0.708. The van der Waals surface area contributed by atoms with Crippen LogP contribution in [0.15, 0.2) is 0 Å². The summed E-state index contributed by atoms with van der Waals surface area (Å²) in [6.45, 7) is 6.16. The number of likely N-dealkylation sites (tertiary alicyclic amines) is 1. The van der Waals surface area contributed by atoms with Crippen molar-refractivity contribution in [1.29, 1.82) is 0 Å². The zero-order valence-corrected chi connectivity index (χ0v) is 9.58. The smallest absolute Gasteiger partial charge is 0.135 e. The van der Waals surface area contributed by atoms with E-state index in [1.165, 1.54) is 12.8 Å². The highest BCUT2D eigenvalue weighted by molar-refractivity contribution is 5.79. The number of nitrogens with zero attached hydrogens (tertiary/aromatic N) is 1. The molecule has 0 bridgehead atoms. The number of rotatable bonds is 3. The van der Waals surface area contributed by atoms with Gasteiger partial charge in [-0.3, -0.25) is 9.69 Å². The van der Waals surface area contributed by atoms with E-state index < -0.39 is 0 Å². The van der Waals surface area contributed by atoms with Gasteiger partial charge in [0.2, 0.25) is 0 Å². The van der Waals surface area contributed by atoms with Gasteiger partial charge in [-0.25, -0.2) is 0 Å². The van der Waals surface area contributed by atoms with Crippen molar-refractivity contribution in [2.24, 2.45) is 5.92 Å². The molecule has 0 aromatic carbocycles. The van der Waals surface area contributed by atoms with Crippen LogP contribution in [0.4, 0.5) is 0 Å². The first-order valence-corrected chi connectivity index (χ1v) is 6.09. The Bertz CT molecular complexity index is 224. The zero-order chi connectivity index (χ0) is 10.7. The lowest BCUT2D eigenvalue weighted by atomic mass is 9.99. The second kappa shape index (κ2) is 5.08. The summed E-state index contributed by atoms with van der Waals surface area (Å²) in [5.41, 5.74) is 0. The van der Waals surface area contributed by atoms with Crippen LogP contribution in [-0.2, 0) is 9.53 Å². The van der Waals surface area contributed by atoms with Crippen molar-refractivity contribution in [1.82, 2.24) is 4.90 Å². The molecule has 2 saturated heterocycles. The van der Waals surface area contributed by atoms with Crippen LogP contribution in [0.5, 0.6) is 0 Å². The number of carbonyl (C=O) groups is 1. The first-order valence-electron chi connectivity index (χ1n) is 6.09.